The minimum Gasteiger partial charge on any atom is -0.0609 e. The average Bonchev–Trinajstić information content (AvgIpc) is 2.22. The molecule has 2 aromatic carbocycles. The second-order valence-electron chi connectivity index (χ2n) is 3.79. The van der Waals surface area contributed by atoms with Crippen molar-refractivity contribution < 1.29 is 0 Å². The summed E-state index contributed by atoms with van der Waals surface area (Å²) in [6, 6.07) is 17.4. The highest BCUT2D eigenvalue weighted by atomic mass is 127. The van der Waals surface area contributed by atoms with E-state index in [1.54, 1.807) is 0 Å². The lowest BCUT2D eigenvalue weighted by Gasteiger charge is -2.03. The van der Waals surface area contributed by atoms with Crippen LogP contribution in [0.5, 0.6) is 0 Å². The van der Waals surface area contributed by atoms with E-state index in [9.17, 15) is 0 Å². The number of halogens is 1. The number of rotatable bonds is 2. The fourth-order valence-electron chi connectivity index (χ4n) is 1.59. The van der Waals surface area contributed by atoms with Crippen molar-refractivity contribution in [3.8, 4) is 0 Å². The summed E-state index contributed by atoms with van der Waals surface area (Å²) in [6.45, 7) is 2.12. The van der Waals surface area contributed by atoms with Crippen LogP contribution < -0.4 is 0 Å². The van der Waals surface area contributed by atoms with Crippen molar-refractivity contribution in [1.29, 1.82) is 0 Å². The fourth-order valence-corrected chi connectivity index (χ4v) is 2.20. The monoisotopic (exact) mass is 308 g/mol. The molecule has 0 amide bonds. The van der Waals surface area contributed by atoms with Crippen LogP contribution >= 0.6 is 22.6 Å². The lowest BCUT2D eigenvalue weighted by molar-refractivity contribution is 1.18. The molecule has 0 saturated heterocycles. The third kappa shape index (κ3) is 3.06. The molecule has 76 valence electrons. The van der Waals surface area contributed by atoms with E-state index < -0.39 is 0 Å². The summed E-state index contributed by atoms with van der Waals surface area (Å²) in [6.07, 6.45) is 1.02. The van der Waals surface area contributed by atoms with Crippen LogP contribution in [-0.2, 0) is 6.42 Å². The van der Waals surface area contributed by atoms with E-state index in [2.05, 4.69) is 78.0 Å². The third-order valence-corrected chi connectivity index (χ3v) is 3.09. The number of aryl methyl sites for hydroxylation is 1. The van der Waals surface area contributed by atoms with Gasteiger partial charge in [0.15, 0.2) is 0 Å². The molecule has 2 rings (SSSR count). The van der Waals surface area contributed by atoms with Gasteiger partial charge < -0.3 is 0 Å². The molecule has 2 aromatic rings. The Labute approximate surface area is 104 Å². The molecule has 0 aliphatic heterocycles. The van der Waals surface area contributed by atoms with Crippen LogP contribution in [0.1, 0.15) is 16.7 Å². The van der Waals surface area contributed by atoms with E-state index in [0.29, 0.717) is 0 Å². The molecule has 0 spiro atoms. The van der Waals surface area contributed by atoms with Gasteiger partial charge in [-0.3, -0.25) is 0 Å². The van der Waals surface area contributed by atoms with Gasteiger partial charge in [-0.25, -0.2) is 0 Å². The third-order valence-electron chi connectivity index (χ3n) is 2.42. The Bertz CT molecular complexity index is 443. The molecule has 0 heterocycles. The maximum atomic E-state index is 2.35. The van der Waals surface area contributed by atoms with Crippen molar-refractivity contribution in [1.82, 2.24) is 0 Å². The van der Waals surface area contributed by atoms with Crippen LogP contribution in [0.2, 0.25) is 0 Å². The van der Waals surface area contributed by atoms with E-state index in [0.717, 1.165) is 6.42 Å². The van der Waals surface area contributed by atoms with E-state index >= 15 is 0 Å². The van der Waals surface area contributed by atoms with Gasteiger partial charge in [0.05, 0.1) is 0 Å². The Morgan fingerprint density at radius 1 is 0.933 bits per heavy atom. The standard InChI is InChI=1S/C14H13I/c1-11-5-7-12(8-6-11)9-13-3-2-4-14(15)10-13/h2-8,10H,9H2,1H3. The van der Waals surface area contributed by atoms with Crippen molar-refractivity contribution in [2.45, 2.75) is 13.3 Å². The molecule has 0 N–H and O–H groups in total. The fraction of sp³-hybridized carbons (Fsp3) is 0.143. The Morgan fingerprint density at radius 2 is 1.67 bits per heavy atom. The first-order valence-corrected chi connectivity index (χ1v) is 6.12. The summed E-state index contributed by atoms with van der Waals surface area (Å²) in [4.78, 5) is 0. The SMILES string of the molecule is Cc1ccc(Cc2cccc(I)c2)cc1. The Kier molecular flexibility index (Phi) is 3.41. The van der Waals surface area contributed by atoms with E-state index in [1.165, 1.54) is 20.3 Å². The molecular formula is C14H13I. The predicted octanol–water partition coefficient (Wildman–Crippen LogP) is 4.19. The molecule has 0 aliphatic carbocycles. The van der Waals surface area contributed by atoms with Gasteiger partial charge in [-0.15, -0.1) is 0 Å². The minimum atomic E-state index is 1.02. The largest absolute Gasteiger partial charge is 0.0609 e. The zero-order valence-electron chi connectivity index (χ0n) is 8.70. The number of hydrogen-bond donors (Lipinski definition) is 0. The first-order chi connectivity index (χ1) is 7.24. The maximum absolute atomic E-state index is 2.35. The predicted molar refractivity (Wildman–Crippen MR) is 73.1 cm³/mol. The van der Waals surface area contributed by atoms with Gasteiger partial charge in [0.2, 0.25) is 0 Å². The van der Waals surface area contributed by atoms with Crippen LogP contribution in [0.25, 0.3) is 0 Å². The summed E-state index contributed by atoms with van der Waals surface area (Å²) < 4.78 is 1.30. The lowest BCUT2D eigenvalue weighted by Crippen LogP contribution is -1.88. The molecule has 0 aliphatic rings. The van der Waals surface area contributed by atoms with Crippen LogP contribution in [0, 0.1) is 10.5 Å². The molecule has 0 unspecified atom stereocenters. The minimum absolute atomic E-state index is 1.02. The van der Waals surface area contributed by atoms with Gasteiger partial charge in [0.1, 0.15) is 0 Å². The quantitative estimate of drug-likeness (QED) is 0.730. The highest BCUT2D eigenvalue weighted by molar-refractivity contribution is 14.1. The Balaban J connectivity index is 2.18. The average molecular weight is 308 g/mol. The van der Waals surface area contributed by atoms with Crippen molar-refractivity contribution in [2.75, 3.05) is 0 Å². The summed E-state index contributed by atoms with van der Waals surface area (Å²) in [5.41, 5.74) is 4.08. The highest BCUT2D eigenvalue weighted by Gasteiger charge is 1.96. The van der Waals surface area contributed by atoms with Crippen LogP contribution in [0.15, 0.2) is 48.5 Å². The van der Waals surface area contributed by atoms with Crippen molar-refractivity contribution in [3.05, 3.63) is 68.8 Å². The molecule has 0 atom stereocenters. The molecule has 0 fully saturated rings. The van der Waals surface area contributed by atoms with E-state index in [1.807, 2.05) is 0 Å². The number of benzene rings is 2. The van der Waals surface area contributed by atoms with Crippen LogP contribution in [0.3, 0.4) is 0 Å². The first kappa shape index (κ1) is 10.7. The number of hydrogen-bond acceptors (Lipinski definition) is 0. The molecule has 0 bridgehead atoms. The van der Waals surface area contributed by atoms with Crippen molar-refractivity contribution >= 4 is 22.6 Å². The van der Waals surface area contributed by atoms with Crippen molar-refractivity contribution in [3.63, 3.8) is 0 Å². The van der Waals surface area contributed by atoms with E-state index in [-0.39, 0.29) is 0 Å². The van der Waals surface area contributed by atoms with Crippen LogP contribution in [-0.4, -0.2) is 0 Å². The molecule has 0 aromatic heterocycles. The summed E-state index contributed by atoms with van der Waals surface area (Å²) in [5, 5.41) is 0. The molecule has 0 nitrogen and oxygen atoms in total. The molecule has 0 radical (unpaired) electrons. The zero-order valence-corrected chi connectivity index (χ0v) is 10.9. The van der Waals surface area contributed by atoms with E-state index in [4.69, 9.17) is 0 Å². The smallest absolute Gasteiger partial charge is 0.0133 e. The van der Waals surface area contributed by atoms with Gasteiger partial charge in [0.25, 0.3) is 0 Å². The topological polar surface area (TPSA) is 0 Å². The summed E-state index contributed by atoms with van der Waals surface area (Å²) >= 11 is 2.35. The molecule has 15 heavy (non-hydrogen) atoms. The Hall–Kier alpha value is -0.830. The first-order valence-electron chi connectivity index (χ1n) is 5.04. The van der Waals surface area contributed by atoms with Gasteiger partial charge in [-0.1, -0.05) is 42.0 Å². The molecular weight excluding hydrogens is 295 g/mol. The molecule has 1 heteroatoms. The summed E-state index contributed by atoms with van der Waals surface area (Å²) in [5.74, 6) is 0. The lowest BCUT2D eigenvalue weighted by atomic mass is 10.0. The highest BCUT2D eigenvalue weighted by Crippen LogP contribution is 2.13. The summed E-state index contributed by atoms with van der Waals surface area (Å²) in [7, 11) is 0. The normalized spacial score (nSPS) is 10.3. The van der Waals surface area contributed by atoms with Gasteiger partial charge in [-0.05, 0) is 59.2 Å². The maximum Gasteiger partial charge on any atom is 0.0133 e. The Morgan fingerprint density at radius 3 is 2.33 bits per heavy atom. The van der Waals surface area contributed by atoms with Gasteiger partial charge >= 0.3 is 0 Å². The zero-order chi connectivity index (χ0) is 10.7. The van der Waals surface area contributed by atoms with Gasteiger partial charge in [-0.2, -0.15) is 0 Å². The van der Waals surface area contributed by atoms with Crippen LogP contribution in [0.4, 0.5) is 0 Å². The molecule has 0 saturated carbocycles. The van der Waals surface area contributed by atoms with Gasteiger partial charge in [0, 0.05) is 3.57 Å². The second-order valence-corrected chi connectivity index (χ2v) is 5.04. The second kappa shape index (κ2) is 4.79. The van der Waals surface area contributed by atoms with Crippen molar-refractivity contribution in [2.24, 2.45) is 0 Å².